The predicted octanol–water partition coefficient (Wildman–Crippen LogP) is 4.69. The molecule has 0 spiro atoms. The number of hydrogen-bond donors (Lipinski definition) is 2. The first-order valence-corrected chi connectivity index (χ1v) is 10.9. The molecule has 0 aromatic heterocycles. The minimum Gasteiger partial charge on any atom is -0.493 e. The molecule has 2 aromatic rings. The highest BCUT2D eigenvalue weighted by Gasteiger charge is 2.08. The summed E-state index contributed by atoms with van der Waals surface area (Å²) in [5.74, 6) is 2.27. The Labute approximate surface area is 209 Å². The van der Waals surface area contributed by atoms with Crippen LogP contribution in [0, 0.1) is 5.92 Å². The van der Waals surface area contributed by atoms with Gasteiger partial charge in [-0.05, 0) is 43.0 Å². The summed E-state index contributed by atoms with van der Waals surface area (Å²) < 4.78 is 5.99. The summed E-state index contributed by atoms with van der Waals surface area (Å²) in [6.07, 6.45) is 1.03. The molecule has 0 saturated heterocycles. The Morgan fingerprint density at radius 2 is 1.75 bits per heavy atom. The quantitative estimate of drug-likeness (QED) is 0.255. The van der Waals surface area contributed by atoms with Crippen LogP contribution in [0.25, 0.3) is 0 Å². The Balaban J connectivity index is 0.00000512. The van der Waals surface area contributed by atoms with E-state index in [9.17, 15) is 4.79 Å². The molecule has 0 aliphatic carbocycles. The second-order valence-corrected chi connectivity index (χ2v) is 8.08. The molecule has 0 atom stereocenters. The van der Waals surface area contributed by atoms with Gasteiger partial charge in [-0.2, -0.15) is 0 Å². The summed E-state index contributed by atoms with van der Waals surface area (Å²) in [5.41, 5.74) is 2.82. The van der Waals surface area contributed by atoms with Gasteiger partial charge in [0.15, 0.2) is 5.96 Å². The van der Waals surface area contributed by atoms with Gasteiger partial charge in [0, 0.05) is 38.3 Å². The molecule has 2 N–H and O–H groups in total. The van der Waals surface area contributed by atoms with E-state index in [-0.39, 0.29) is 29.9 Å². The van der Waals surface area contributed by atoms with Crippen molar-refractivity contribution in [2.45, 2.75) is 40.3 Å². The molecule has 0 heterocycles. The highest BCUT2D eigenvalue weighted by molar-refractivity contribution is 14.0. The summed E-state index contributed by atoms with van der Waals surface area (Å²) in [7, 11) is 3.50. The predicted molar refractivity (Wildman–Crippen MR) is 143 cm³/mol. The van der Waals surface area contributed by atoms with Gasteiger partial charge in [-0.15, -0.1) is 24.0 Å². The van der Waals surface area contributed by atoms with E-state index < -0.39 is 0 Å². The zero-order chi connectivity index (χ0) is 22.6. The SMILES string of the molecule is CCNC(=NCc1ccc(C(=O)N(C)C)cc1)NCc1ccccc1OCCC(C)C.I. The molecule has 0 aliphatic heterocycles. The maximum absolute atomic E-state index is 12.0. The van der Waals surface area contributed by atoms with Crippen molar-refractivity contribution in [3.8, 4) is 5.75 Å². The normalized spacial score (nSPS) is 11.0. The number of amides is 1. The van der Waals surface area contributed by atoms with Crippen molar-refractivity contribution in [3.05, 3.63) is 65.2 Å². The van der Waals surface area contributed by atoms with Crippen LogP contribution in [0.15, 0.2) is 53.5 Å². The number of para-hydroxylation sites is 1. The number of carbonyl (C=O) groups excluding carboxylic acids is 1. The van der Waals surface area contributed by atoms with Crippen molar-refractivity contribution in [2.24, 2.45) is 10.9 Å². The van der Waals surface area contributed by atoms with Crippen molar-refractivity contribution in [1.29, 1.82) is 0 Å². The fourth-order valence-corrected chi connectivity index (χ4v) is 2.90. The van der Waals surface area contributed by atoms with Crippen molar-refractivity contribution < 1.29 is 9.53 Å². The van der Waals surface area contributed by atoms with Gasteiger partial charge in [-0.25, -0.2) is 4.99 Å². The molecule has 32 heavy (non-hydrogen) atoms. The number of guanidine groups is 1. The molecule has 7 heteroatoms. The van der Waals surface area contributed by atoms with Crippen molar-refractivity contribution in [2.75, 3.05) is 27.2 Å². The lowest BCUT2D eigenvalue weighted by molar-refractivity contribution is 0.0827. The third-order valence-corrected chi connectivity index (χ3v) is 4.74. The van der Waals surface area contributed by atoms with E-state index in [4.69, 9.17) is 4.74 Å². The smallest absolute Gasteiger partial charge is 0.253 e. The number of rotatable bonds is 10. The number of nitrogens with zero attached hydrogens (tertiary/aromatic N) is 2. The molecule has 0 unspecified atom stereocenters. The van der Waals surface area contributed by atoms with E-state index in [0.717, 1.165) is 42.4 Å². The van der Waals surface area contributed by atoms with Gasteiger partial charge < -0.3 is 20.3 Å². The van der Waals surface area contributed by atoms with Crippen LogP contribution in [0.4, 0.5) is 0 Å². The standard InChI is InChI=1S/C25H36N4O2.HI/c1-6-26-25(27-17-20-11-13-21(14-12-20)24(30)29(4)5)28-18-22-9-7-8-10-23(22)31-16-15-19(2)3;/h7-14,19H,6,15-18H2,1-5H3,(H2,26,27,28);1H. The molecule has 2 aromatic carbocycles. The minimum absolute atomic E-state index is 0. The van der Waals surface area contributed by atoms with Crippen LogP contribution >= 0.6 is 24.0 Å². The van der Waals surface area contributed by atoms with Crippen LogP contribution in [0.3, 0.4) is 0 Å². The number of carbonyl (C=O) groups is 1. The van der Waals surface area contributed by atoms with Gasteiger partial charge in [0.1, 0.15) is 5.75 Å². The second-order valence-electron chi connectivity index (χ2n) is 8.08. The Morgan fingerprint density at radius 3 is 2.38 bits per heavy atom. The topological polar surface area (TPSA) is 66.0 Å². The number of aliphatic imine (C=N–C) groups is 1. The van der Waals surface area contributed by atoms with E-state index in [1.54, 1.807) is 19.0 Å². The first-order valence-electron chi connectivity index (χ1n) is 10.9. The number of ether oxygens (including phenoxy) is 1. The second kappa shape index (κ2) is 14.7. The van der Waals surface area contributed by atoms with Gasteiger partial charge in [-0.3, -0.25) is 4.79 Å². The highest BCUT2D eigenvalue weighted by Crippen LogP contribution is 2.18. The van der Waals surface area contributed by atoms with Crippen molar-refractivity contribution in [1.82, 2.24) is 15.5 Å². The number of nitrogens with one attached hydrogen (secondary N) is 2. The lowest BCUT2D eigenvalue weighted by Gasteiger charge is -2.15. The first-order chi connectivity index (χ1) is 14.9. The first kappa shape index (κ1) is 27.7. The monoisotopic (exact) mass is 552 g/mol. The van der Waals surface area contributed by atoms with Gasteiger partial charge in [-0.1, -0.05) is 44.2 Å². The molecule has 0 radical (unpaired) electrons. The summed E-state index contributed by atoms with van der Waals surface area (Å²) in [6.45, 7) is 9.08. The zero-order valence-electron chi connectivity index (χ0n) is 19.9. The van der Waals surface area contributed by atoms with Crippen LogP contribution in [0.1, 0.15) is 48.7 Å². The molecule has 6 nitrogen and oxygen atoms in total. The number of halogens is 1. The van der Waals surface area contributed by atoms with E-state index in [1.165, 1.54) is 0 Å². The Morgan fingerprint density at radius 1 is 1.06 bits per heavy atom. The fourth-order valence-electron chi connectivity index (χ4n) is 2.90. The third kappa shape index (κ3) is 9.46. The lowest BCUT2D eigenvalue weighted by atomic mass is 10.1. The number of hydrogen-bond acceptors (Lipinski definition) is 3. The van der Waals surface area contributed by atoms with Crippen molar-refractivity contribution >= 4 is 35.8 Å². The molecule has 176 valence electrons. The molecule has 1 amide bonds. The van der Waals surface area contributed by atoms with Crippen LogP contribution in [-0.2, 0) is 13.1 Å². The summed E-state index contributed by atoms with van der Waals surface area (Å²) in [4.78, 5) is 18.3. The van der Waals surface area contributed by atoms with Gasteiger partial charge in [0.25, 0.3) is 5.91 Å². The third-order valence-electron chi connectivity index (χ3n) is 4.74. The molecular formula is C25H37IN4O2. The maximum Gasteiger partial charge on any atom is 0.253 e. The molecule has 2 rings (SSSR count). The van der Waals surface area contributed by atoms with Crippen LogP contribution in [0.2, 0.25) is 0 Å². The molecule has 0 bridgehead atoms. The minimum atomic E-state index is -0.000616. The lowest BCUT2D eigenvalue weighted by Crippen LogP contribution is -2.36. The summed E-state index contributed by atoms with van der Waals surface area (Å²) in [5, 5.41) is 6.67. The van der Waals surface area contributed by atoms with Crippen molar-refractivity contribution in [3.63, 3.8) is 0 Å². The molecule has 0 fully saturated rings. The Hall–Kier alpha value is -2.29. The average molecular weight is 553 g/mol. The van der Waals surface area contributed by atoms with Gasteiger partial charge in [0.05, 0.1) is 13.2 Å². The van der Waals surface area contributed by atoms with Gasteiger partial charge in [0.2, 0.25) is 0 Å². The van der Waals surface area contributed by atoms with E-state index in [0.29, 0.717) is 24.6 Å². The molecular weight excluding hydrogens is 515 g/mol. The number of benzene rings is 2. The van der Waals surface area contributed by atoms with E-state index in [2.05, 4.69) is 35.5 Å². The largest absolute Gasteiger partial charge is 0.493 e. The van der Waals surface area contributed by atoms with Crippen LogP contribution in [-0.4, -0.2) is 44.0 Å². The average Bonchev–Trinajstić information content (AvgIpc) is 2.76. The zero-order valence-corrected chi connectivity index (χ0v) is 22.2. The molecule has 0 saturated carbocycles. The van der Waals surface area contributed by atoms with E-state index >= 15 is 0 Å². The highest BCUT2D eigenvalue weighted by atomic mass is 127. The maximum atomic E-state index is 12.0. The van der Waals surface area contributed by atoms with Crippen LogP contribution < -0.4 is 15.4 Å². The molecule has 0 aliphatic rings. The summed E-state index contributed by atoms with van der Waals surface area (Å²) >= 11 is 0. The van der Waals surface area contributed by atoms with Gasteiger partial charge >= 0.3 is 0 Å². The van der Waals surface area contributed by atoms with Crippen LogP contribution in [0.5, 0.6) is 5.75 Å². The van der Waals surface area contributed by atoms with E-state index in [1.807, 2.05) is 49.4 Å². The Bertz CT molecular complexity index is 851. The fraction of sp³-hybridized carbons (Fsp3) is 0.440. The Kier molecular flexibility index (Phi) is 12.8. The summed E-state index contributed by atoms with van der Waals surface area (Å²) in [6, 6.07) is 15.7.